The van der Waals surface area contributed by atoms with Crippen LogP contribution in [0.25, 0.3) is 0 Å². The highest BCUT2D eigenvalue weighted by Crippen LogP contribution is 2.23. The molecule has 0 atom stereocenters. The maximum atomic E-state index is 9.97. The van der Waals surface area contributed by atoms with Crippen molar-refractivity contribution < 1.29 is 9.84 Å². The van der Waals surface area contributed by atoms with Crippen LogP contribution in [0.4, 0.5) is 0 Å². The van der Waals surface area contributed by atoms with Crippen molar-refractivity contribution in [1.82, 2.24) is 4.98 Å². The number of aromatic hydroxyl groups is 1. The molecular weight excluding hydrogens is 300 g/mol. The van der Waals surface area contributed by atoms with Gasteiger partial charge in [-0.3, -0.25) is 4.98 Å². The van der Waals surface area contributed by atoms with E-state index in [4.69, 9.17) is 10.5 Å². The molecule has 0 unspecified atom stereocenters. The molecule has 1 rings (SSSR count). The van der Waals surface area contributed by atoms with Gasteiger partial charge in [-0.2, -0.15) is 0 Å². The Morgan fingerprint density at radius 1 is 1.00 bits per heavy atom. The van der Waals surface area contributed by atoms with Gasteiger partial charge in [-0.05, 0) is 13.3 Å². The van der Waals surface area contributed by atoms with Gasteiger partial charge in [-0.1, -0.05) is 64.7 Å². The average Bonchev–Trinajstić information content (AvgIpc) is 2.59. The summed E-state index contributed by atoms with van der Waals surface area (Å²) in [6.45, 7) is 5.59. The van der Waals surface area contributed by atoms with E-state index in [1.165, 1.54) is 57.8 Å². The van der Waals surface area contributed by atoms with Gasteiger partial charge in [0.05, 0.1) is 12.3 Å². The fourth-order valence-corrected chi connectivity index (χ4v) is 2.91. The normalized spacial score (nSPS) is 11.1. The summed E-state index contributed by atoms with van der Waals surface area (Å²) in [6, 6.07) is 0. The van der Waals surface area contributed by atoms with Crippen molar-refractivity contribution in [3.05, 3.63) is 23.0 Å². The molecule has 138 valence electrons. The van der Waals surface area contributed by atoms with Gasteiger partial charge in [-0.15, -0.1) is 0 Å². The first-order valence-electron chi connectivity index (χ1n) is 9.64. The average molecular weight is 337 g/mol. The summed E-state index contributed by atoms with van der Waals surface area (Å²) in [7, 11) is 0. The standard InChI is InChI=1S/C20H36N2O2/c1-3-4-5-6-7-8-9-10-11-12-13-24-16-18-15-22-17(2)20(23)19(18)14-21/h15,23H,3-14,16,21H2,1-2H3. The van der Waals surface area contributed by atoms with E-state index in [9.17, 15) is 5.11 Å². The van der Waals surface area contributed by atoms with Gasteiger partial charge in [0.25, 0.3) is 0 Å². The highest BCUT2D eigenvalue weighted by Gasteiger charge is 2.10. The summed E-state index contributed by atoms with van der Waals surface area (Å²) in [5.74, 6) is 0.206. The van der Waals surface area contributed by atoms with Crippen LogP contribution in [0.5, 0.6) is 5.75 Å². The lowest BCUT2D eigenvalue weighted by atomic mass is 10.1. The first kappa shape index (κ1) is 20.9. The molecule has 1 heterocycles. The largest absolute Gasteiger partial charge is 0.506 e. The van der Waals surface area contributed by atoms with E-state index < -0.39 is 0 Å². The molecule has 4 heteroatoms. The van der Waals surface area contributed by atoms with Crippen LogP contribution in [0.15, 0.2) is 6.20 Å². The summed E-state index contributed by atoms with van der Waals surface area (Å²) >= 11 is 0. The Hall–Kier alpha value is -1.13. The van der Waals surface area contributed by atoms with E-state index in [2.05, 4.69) is 11.9 Å². The van der Waals surface area contributed by atoms with Crippen molar-refractivity contribution in [1.29, 1.82) is 0 Å². The zero-order valence-corrected chi connectivity index (χ0v) is 15.6. The van der Waals surface area contributed by atoms with E-state index in [1.54, 1.807) is 13.1 Å². The molecule has 0 radical (unpaired) electrons. The van der Waals surface area contributed by atoms with Crippen LogP contribution in [-0.2, 0) is 17.9 Å². The molecule has 0 spiro atoms. The number of pyridine rings is 1. The minimum Gasteiger partial charge on any atom is -0.506 e. The number of nitrogens with two attached hydrogens (primary N) is 1. The molecule has 0 aliphatic heterocycles. The monoisotopic (exact) mass is 336 g/mol. The molecule has 24 heavy (non-hydrogen) atoms. The van der Waals surface area contributed by atoms with Crippen LogP contribution < -0.4 is 5.73 Å². The van der Waals surface area contributed by atoms with Gasteiger partial charge >= 0.3 is 0 Å². The molecule has 1 aromatic rings. The third-order valence-electron chi connectivity index (χ3n) is 4.53. The Kier molecular flexibility index (Phi) is 11.5. The smallest absolute Gasteiger partial charge is 0.141 e. The van der Waals surface area contributed by atoms with E-state index in [0.717, 1.165) is 24.2 Å². The maximum absolute atomic E-state index is 9.97. The molecule has 0 aromatic carbocycles. The van der Waals surface area contributed by atoms with Gasteiger partial charge in [0.15, 0.2) is 0 Å². The van der Waals surface area contributed by atoms with Crippen LogP contribution in [0, 0.1) is 6.92 Å². The third kappa shape index (κ3) is 8.11. The topological polar surface area (TPSA) is 68.4 Å². The number of aromatic nitrogens is 1. The Morgan fingerprint density at radius 2 is 1.58 bits per heavy atom. The Balaban J connectivity index is 2.04. The Bertz CT molecular complexity index is 450. The lowest BCUT2D eigenvalue weighted by Gasteiger charge is -2.11. The zero-order valence-electron chi connectivity index (χ0n) is 15.6. The number of hydrogen-bond donors (Lipinski definition) is 2. The summed E-state index contributed by atoms with van der Waals surface area (Å²) in [6.07, 6.45) is 15.0. The van der Waals surface area contributed by atoms with Crippen molar-refractivity contribution in [2.45, 2.75) is 91.2 Å². The van der Waals surface area contributed by atoms with E-state index in [0.29, 0.717) is 18.8 Å². The van der Waals surface area contributed by atoms with Gasteiger partial charge in [0.2, 0.25) is 0 Å². The summed E-state index contributed by atoms with van der Waals surface area (Å²) in [5, 5.41) is 9.97. The predicted molar refractivity (Wildman–Crippen MR) is 100 cm³/mol. The molecular formula is C20H36N2O2. The van der Waals surface area contributed by atoms with Crippen molar-refractivity contribution >= 4 is 0 Å². The molecule has 0 amide bonds. The molecule has 4 nitrogen and oxygen atoms in total. The van der Waals surface area contributed by atoms with Crippen LogP contribution >= 0.6 is 0 Å². The molecule has 0 aliphatic rings. The lowest BCUT2D eigenvalue weighted by molar-refractivity contribution is 0.115. The highest BCUT2D eigenvalue weighted by atomic mass is 16.5. The summed E-state index contributed by atoms with van der Waals surface area (Å²) < 4.78 is 5.72. The van der Waals surface area contributed by atoms with E-state index in [1.807, 2.05) is 0 Å². The van der Waals surface area contributed by atoms with E-state index >= 15 is 0 Å². The number of unbranched alkanes of at least 4 members (excludes halogenated alkanes) is 9. The van der Waals surface area contributed by atoms with Crippen LogP contribution in [0.3, 0.4) is 0 Å². The summed E-state index contributed by atoms with van der Waals surface area (Å²) in [5.41, 5.74) is 7.98. The van der Waals surface area contributed by atoms with Crippen LogP contribution in [0.2, 0.25) is 0 Å². The van der Waals surface area contributed by atoms with Crippen LogP contribution in [0.1, 0.15) is 88.0 Å². The second-order valence-electron chi connectivity index (χ2n) is 6.63. The predicted octanol–water partition coefficient (Wildman–Crippen LogP) is 4.99. The summed E-state index contributed by atoms with van der Waals surface area (Å²) in [4.78, 5) is 4.18. The molecule has 3 N–H and O–H groups in total. The number of aryl methyl sites for hydroxylation is 1. The minimum absolute atomic E-state index is 0.206. The lowest BCUT2D eigenvalue weighted by Crippen LogP contribution is -2.06. The fourth-order valence-electron chi connectivity index (χ4n) is 2.91. The van der Waals surface area contributed by atoms with Gasteiger partial charge in [0, 0.05) is 30.5 Å². The number of hydrogen-bond acceptors (Lipinski definition) is 4. The van der Waals surface area contributed by atoms with Gasteiger partial charge in [-0.25, -0.2) is 0 Å². The molecule has 1 aromatic heterocycles. The van der Waals surface area contributed by atoms with Crippen molar-refractivity contribution in [2.75, 3.05) is 6.61 Å². The van der Waals surface area contributed by atoms with E-state index in [-0.39, 0.29) is 5.75 Å². The van der Waals surface area contributed by atoms with Gasteiger partial charge in [0.1, 0.15) is 5.75 Å². The molecule has 0 bridgehead atoms. The van der Waals surface area contributed by atoms with Crippen molar-refractivity contribution in [3.63, 3.8) is 0 Å². The quantitative estimate of drug-likeness (QED) is 0.470. The Morgan fingerprint density at radius 3 is 2.17 bits per heavy atom. The number of ether oxygens (including phenoxy) is 1. The fraction of sp³-hybridized carbons (Fsp3) is 0.750. The maximum Gasteiger partial charge on any atom is 0.141 e. The number of rotatable bonds is 14. The third-order valence-corrected chi connectivity index (χ3v) is 4.53. The van der Waals surface area contributed by atoms with Crippen molar-refractivity contribution in [3.8, 4) is 5.75 Å². The molecule has 0 aliphatic carbocycles. The van der Waals surface area contributed by atoms with Gasteiger partial charge < -0.3 is 15.6 Å². The zero-order chi connectivity index (χ0) is 17.6. The number of nitrogens with zero attached hydrogens (tertiary/aromatic N) is 1. The Labute approximate surface area is 147 Å². The molecule has 0 fully saturated rings. The molecule has 0 saturated heterocycles. The van der Waals surface area contributed by atoms with Crippen molar-refractivity contribution in [2.24, 2.45) is 5.73 Å². The first-order valence-corrected chi connectivity index (χ1v) is 9.64. The van der Waals surface area contributed by atoms with Crippen LogP contribution in [-0.4, -0.2) is 16.7 Å². The second-order valence-corrected chi connectivity index (χ2v) is 6.63. The first-order chi connectivity index (χ1) is 11.7. The second kappa shape index (κ2) is 13.2. The minimum atomic E-state index is 0.206. The highest BCUT2D eigenvalue weighted by molar-refractivity contribution is 5.40. The molecule has 0 saturated carbocycles. The SMILES string of the molecule is CCCCCCCCCCCCOCc1cnc(C)c(O)c1CN.